The van der Waals surface area contributed by atoms with Gasteiger partial charge in [0.1, 0.15) is 12.7 Å². The maximum Gasteiger partial charge on any atom is 0.346 e. The molecule has 9 nitrogen and oxygen atoms in total. The van der Waals surface area contributed by atoms with Gasteiger partial charge in [0.05, 0.1) is 0 Å². The highest BCUT2D eigenvalue weighted by Crippen LogP contribution is 2.41. The van der Waals surface area contributed by atoms with Gasteiger partial charge in [0.25, 0.3) is 0 Å². The number of carbonyl (C=O) groups is 1. The van der Waals surface area contributed by atoms with Gasteiger partial charge in [-0.3, -0.25) is 0 Å². The van der Waals surface area contributed by atoms with Crippen molar-refractivity contribution in [3.63, 3.8) is 0 Å². The summed E-state index contributed by atoms with van der Waals surface area (Å²) in [5.74, 6) is 2.97. The van der Waals surface area contributed by atoms with Crippen molar-refractivity contribution >= 4 is 11.6 Å². The van der Waals surface area contributed by atoms with Crippen LogP contribution in [0, 0.1) is 0 Å². The second-order valence-corrected chi connectivity index (χ2v) is 7.72. The summed E-state index contributed by atoms with van der Waals surface area (Å²) in [5.41, 5.74) is 4.47. The number of ether oxygens (including phenoxy) is 4. The first-order chi connectivity index (χ1) is 15.8. The highest BCUT2D eigenvalue weighted by molar-refractivity contribution is 5.85. The van der Waals surface area contributed by atoms with Gasteiger partial charge < -0.3 is 23.8 Å². The van der Waals surface area contributed by atoms with Crippen molar-refractivity contribution in [2.24, 2.45) is 0 Å². The molecule has 0 N–H and O–H groups in total. The van der Waals surface area contributed by atoms with Crippen LogP contribution < -0.4 is 18.9 Å². The maximum atomic E-state index is 12.6. The fraction of sp³-hybridized carbons (Fsp3) is 0.261. The van der Waals surface area contributed by atoms with Crippen LogP contribution in [0.2, 0.25) is 0 Å². The predicted octanol–water partition coefficient (Wildman–Crippen LogP) is 3.30. The molecule has 1 fully saturated rings. The average Bonchev–Trinajstić information content (AvgIpc) is 3.60. The highest BCUT2D eigenvalue weighted by Gasteiger charge is 2.25. The van der Waals surface area contributed by atoms with Crippen LogP contribution in [0.15, 0.2) is 54.6 Å². The van der Waals surface area contributed by atoms with Gasteiger partial charge in [0.2, 0.25) is 13.6 Å². The van der Waals surface area contributed by atoms with Crippen LogP contribution in [0.4, 0.5) is 4.79 Å². The molecule has 9 heteroatoms. The van der Waals surface area contributed by atoms with E-state index in [1.165, 1.54) is 22.9 Å². The molecule has 0 bridgehead atoms. The van der Waals surface area contributed by atoms with E-state index < -0.39 is 0 Å². The molecule has 0 aliphatic carbocycles. The molecule has 6 rings (SSSR count). The van der Waals surface area contributed by atoms with Crippen LogP contribution in [0.3, 0.4) is 0 Å². The lowest BCUT2D eigenvalue weighted by atomic mass is 9.88. The van der Waals surface area contributed by atoms with Crippen molar-refractivity contribution in [3.05, 3.63) is 65.8 Å². The molecule has 0 unspecified atom stereocenters. The Morgan fingerprint density at radius 2 is 1.41 bits per heavy atom. The number of fused-ring (bicyclic) bond motifs is 2. The third-order valence-corrected chi connectivity index (χ3v) is 5.93. The summed E-state index contributed by atoms with van der Waals surface area (Å²) >= 11 is 0. The number of benzene rings is 2. The van der Waals surface area contributed by atoms with Crippen molar-refractivity contribution in [1.29, 1.82) is 0 Å². The Hall–Kier alpha value is -4.01. The second-order valence-electron chi connectivity index (χ2n) is 7.72. The number of carbonyl (C=O) groups excluding carboxylic acids is 1. The quantitative estimate of drug-likeness (QED) is 0.614. The van der Waals surface area contributed by atoms with E-state index in [1.807, 2.05) is 36.4 Å². The van der Waals surface area contributed by atoms with Crippen molar-refractivity contribution in [2.45, 2.75) is 12.8 Å². The fourth-order valence-corrected chi connectivity index (χ4v) is 4.35. The second kappa shape index (κ2) is 7.60. The third-order valence-electron chi connectivity index (χ3n) is 5.93. The highest BCUT2D eigenvalue weighted by atomic mass is 16.7. The predicted molar refractivity (Wildman–Crippen MR) is 113 cm³/mol. The summed E-state index contributed by atoms with van der Waals surface area (Å²) in [7, 11) is 0. The van der Waals surface area contributed by atoms with Gasteiger partial charge in [-0.1, -0.05) is 17.7 Å². The fourth-order valence-electron chi connectivity index (χ4n) is 4.35. The molecular formula is C23H20N4O5. The number of piperidine rings is 1. The molecular weight excluding hydrogens is 412 g/mol. The van der Waals surface area contributed by atoms with Gasteiger partial charge in [0, 0.05) is 13.1 Å². The largest absolute Gasteiger partial charge is 0.454 e. The Morgan fingerprint density at radius 1 is 0.812 bits per heavy atom. The normalized spacial score (nSPS) is 16.4. The number of hydrogen-bond acceptors (Lipinski definition) is 7. The van der Waals surface area contributed by atoms with Gasteiger partial charge in [-0.25, -0.2) is 9.78 Å². The number of nitrogens with zero attached hydrogens (tertiary/aromatic N) is 4. The third kappa shape index (κ3) is 3.22. The molecule has 4 heterocycles. The molecule has 162 valence electrons. The Kier molecular flexibility index (Phi) is 4.45. The lowest BCUT2D eigenvalue weighted by Gasteiger charge is -2.30. The zero-order valence-corrected chi connectivity index (χ0v) is 17.2. The van der Waals surface area contributed by atoms with E-state index in [1.54, 1.807) is 4.90 Å². The minimum absolute atomic E-state index is 0.158. The summed E-state index contributed by atoms with van der Waals surface area (Å²) in [6, 6.07) is 11.9. The van der Waals surface area contributed by atoms with E-state index in [4.69, 9.17) is 18.9 Å². The summed E-state index contributed by atoms with van der Waals surface area (Å²) in [6.45, 7) is 1.67. The van der Waals surface area contributed by atoms with E-state index in [0.29, 0.717) is 13.1 Å². The van der Waals surface area contributed by atoms with E-state index in [0.717, 1.165) is 52.5 Å². The van der Waals surface area contributed by atoms with Crippen LogP contribution in [0.5, 0.6) is 23.0 Å². The minimum atomic E-state index is -0.158. The van der Waals surface area contributed by atoms with Gasteiger partial charge >= 0.3 is 6.03 Å². The molecule has 0 radical (unpaired) electrons. The molecule has 1 saturated heterocycles. The van der Waals surface area contributed by atoms with E-state index in [2.05, 4.69) is 10.1 Å². The molecule has 1 amide bonds. The van der Waals surface area contributed by atoms with Crippen molar-refractivity contribution < 1.29 is 23.7 Å². The first-order valence-corrected chi connectivity index (χ1v) is 10.4. The Labute approximate surface area is 183 Å². The first-order valence-electron chi connectivity index (χ1n) is 10.4. The van der Waals surface area contributed by atoms with Crippen molar-refractivity contribution in [1.82, 2.24) is 19.7 Å². The van der Waals surface area contributed by atoms with Crippen molar-refractivity contribution in [3.8, 4) is 23.0 Å². The molecule has 3 aliphatic rings. The monoisotopic (exact) mass is 432 g/mol. The molecule has 3 aliphatic heterocycles. The molecule has 0 saturated carbocycles. The van der Waals surface area contributed by atoms with Gasteiger partial charge in [-0.2, -0.15) is 9.78 Å². The smallest absolute Gasteiger partial charge is 0.346 e. The zero-order chi connectivity index (χ0) is 21.5. The number of rotatable bonds is 2. The number of aromatic nitrogens is 3. The SMILES string of the molecule is O=C(N1CCC(=C(c2ccc3c(c2)OCO3)c2ccc3c(c2)OCO3)CC1)n1cncn1. The molecule has 0 spiro atoms. The molecule has 32 heavy (non-hydrogen) atoms. The average molecular weight is 432 g/mol. The van der Waals surface area contributed by atoms with Crippen molar-refractivity contribution in [2.75, 3.05) is 26.7 Å². The van der Waals surface area contributed by atoms with Crippen LogP contribution in [0.25, 0.3) is 5.57 Å². The van der Waals surface area contributed by atoms with E-state index >= 15 is 0 Å². The van der Waals surface area contributed by atoms with Crippen LogP contribution in [0.1, 0.15) is 24.0 Å². The summed E-state index contributed by atoms with van der Waals surface area (Å²) in [5, 5.41) is 3.96. The van der Waals surface area contributed by atoms with Crippen LogP contribution in [-0.4, -0.2) is 52.4 Å². The maximum absolute atomic E-state index is 12.6. The Bertz CT molecular complexity index is 1150. The summed E-state index contributed by atoms with van der Waals surface area (Å²) < 4.78 is 23.5. The number of hydrogen-bond donors (Lipinski definition) is 0. The summed E-state index contributed by atoms with van der Waals surface area (Å²) in [4.78, 5) is 18.3. The molecule has 2 aromatic carbocycles. The lowest BCUT2D eigenvalue weighted by Crippen LogP contribution is -2.39. The summed E-state index contributed by atoms with van der Waals surface area (Å²) in [6.07, 6.45) is 4.29. The topological polar surface area (TPSA) is 87.9 Å². The van der Waals surface area contributed by atoms with Gasteiger partial charge in [0.15, 0.2) is 23.0 Å². The number of amides is 1. The Balaban J connectivity index is 1.36. The molecule has 3 aromatic rings. The van der Waals surface area contributed by atoms with Crippen LogP contribution >= 0.6 is 0 Å². The minimum Gasteiger partial charge on any atom is -0.454 e. The lowest BCUT2D eigenvalue weighted by molar-refractivity contribution is 0.173. The van der Waals surface area contributed by atoms with Gasteiger partial charge in [-0.05, 0) is 53.8 Å². The number of likely N-dealkylation sites (tertiary alicyclic amines) is 1. The van der Waals surface area contributed by atoms with E-state index in [-0.39, 0.29) is 19.6 Å². The Morgan fingerprint density at radius 3 is 1.97 bits per heavy atom. The molecule has 0 atom stereocenters. The first kappa shape index (κ1) is 18.7. The standard InChI is InChI=1S/C23H20N4O5/c28-23(27-12-24-11-25-27)26-7-5-15(6-8-26)22(16-1-3-18-20(9-16)31-13-29-18)17-2-4-19-21(10-17)32-14-30-19/h1-4,9-12H,5-8,13-14H2. The van der Waals surface area contributed by atoms with E-state index in [9.17, 15) is 4.79 Å². The molecule has 1 aromatic heterocycles. The van der Waals surface area contributed by atoms with Gasteiger partial charge in [-0.15, -0.1) is 0 Å². The zero-order valence-electron chi connectivity index (χ0n) is 17.2. The van der Waals surface area contributed by atoms with Crippen LogP contribution in [-0.2, 0) is 0 Å².